The fraction of sp³-hybridized carbons (Fsp3) is 0.500. The first-order valence-corrected chi connectivity index (χ1v) is 5.52. The molecule has 0 saturated heterocycles. The molecule has 0 unspecified atom stereocenters. The van der Waals surface area contributed by atoms with E-state index in [4.69, 9.17) is 4.42 Å². The molecule has 0 atom stereocenters. The topological polar surface area (TPSA) is 71.3 Å². The lowest BCUT2D eigenvalue weighted by atomic mass is 10.1. The van der Waals surface area contributed by atoms with Crippen molar-refractivity contribution in [1.29, 1.82) is 0 Å². The summed E-state index contributed by atoms with van der Waals surface area (Å²) < 4.78 is 5.37. The van der Waals surface area contributed by atoms with Crippen LogP contribution in [0.15, 0.2) is 4.42 Å². The maximum absolute atomic E-state index is 11.9. The maximum atomic E-state index is 11.9. The van der Waals surface area contributed by atoms with E-state index in [1.165, 1.54) is 0 Å². The minimum atomic E-state index is -0.194. The summed E-state index contributed by atoms with van der Waals surface area (Å²) in [6, 6.07) is 0. The summed E-state index contributed by atoms with van der Waals surface area (Å²) in [5, 5.41) is 5.20. The Morgan fingerprint density at radius 1 is 1.18 bits per heavy atom. The van der Waals surface area contributed by atoms with Crippen LogP contribution in [0.5, 0.6) is 0 Å². The van der Waals surface area contributed by atoms with Gasteiger partial charge in [-0.15, -0.1) is 0 Å². The molecule has 1 aromatic rings. The van der Waals surface area contributed by atoms with Gasteiger partial charge >= 0.3 is 0 Å². The van der Waals surface area contributed by atoms with E-state index in [0.29, 0.717) is 17.9 Å². The molecule has 94 valence electrons. The summed E-state index contributed by atoms with van der Waals surface area (Å²) in [6.45, 7) is 5.75. The molecule has 2 N–H and O–H groups in total. The van der Waals surface area contributed by atoms with Crippen LogP contribution in [0.1, 0.15) is 33.9 Å². The lowest BCUT2D eigenvalue weighted by molar-refractivity contribution is -0.120. The molecule has 0 aliphatic rings. The fourth-order valence-electron chi connectivity index (χ4n) is 1.63. The Balaban J connectivity index is 2.61. The van der Waals surface area contributed by atoms with E-state index in [0.717, 1.165) is 11.3 Å². The van der Waals surface area contributed by atoms with Crippen LogP contribution in [0.4, 0.5) is 0 Å². The first-order valence-electron chi connectivity index (χ1n) is 5.52. The first kappa shape index (κ1) is 13.3. The molecule has 1 heterocycles. The second-order valence-corrected chi connectivity index (χ2v) is 3.89. The van der Waals surface area contributed by atoms with Crippen molar-refractivity contribution >= 4 is 11.8 Å². The van der Waals surface area contributed by atoms with Crippen LogP contribution < -0.4 is 10.6 Å². The summed E-state index contributed by atoms with van der Waals surface area (Å²) in [5.74, 6) is 1.07. The molecule has 0 aliphatic carbocycles. The predicted molar refractivity (Wildman–Crippen MR) is 63.9 cm³/mol. The van der Waals surface area contributed by atoms with Crippen molar-refractivity contribution in [1.82, 2.24) is 10.6 Å². The van der Waals surface area contributed by atoms with Crippen LogP contribution >= 0.6 is 0 Å². The van der Waals surface area contributed by atoms with Gasteiger partial charge in [-0.3, -0.25) is 9.59 Å². The fourth-order valence-corrected chi connectivity index (χ4v) is 1.63. The Hall–Kier alpha value is -1.78. The zero-order valence-electron chi connectivity index (χ0n) is 10.6. The maximum Gasteiger partial charge on any atom is 0.255 e. The van der Waals surface area contributed by atoms with Gasteiger partial charge in [-0.05, 0) is 20.8 Å². The average molecular weight is 238 g/mol. The number of hydrogen-bond acceptors (Lipinski definition) is 3. The molecule has 0 radical (unpaired) electrons. The van der Waals surface area contributed by atoms with Crippen molar-refractivity contribution in [3.63, 3.8) is 0 Å². The number of aryl methyl sites for hydroxylation is 2. The highest BCUT2D eigenvalue weighted by Gasteiger charge is 2.18. The molecule has 1 rings (SSSR count). The second kappa shape index (κ2) is 5.52. The van der Waals surface area contributed by atoms with Gasteiger partial charge < -0.3 is 15.1 Å². The molecular weight excluding hydrogens is 220 g/mol. The average Bonchev–Trinajstić information content (AvgIpc) is 2.52. The van der Waals surface area contributed by atoms with E-state index in [9.17, 15) is 9.59 Å². The van der Waals surface area contributed by atoms with Gasteiger partial charge in [-0.2, -0.15) is 0 Å². The van der Waals surface area contributed by atoms with Crippen LogP contribution in [0, 0.1) is 20.8 Å². The van der Waals surface area contributed by atoms with Gasteiger partial charge in [-0.1, -0.05) is 0 Å². The van der Waals surface area contributed by atoms with Gasteiger partial charge in [0.2, 0.25) is 5.91 Å². The Bertz CT molecular complexity index is 435. The molecule has 0 aliphatic heterocycles. The summed E-state index contributed by atoms with van der Waals surface area (Å²) in [5.41, 5.74) is 1.42. The molecule has 17 heavy (non-hydrogen) atoms. The van der Waals surface area contributed by atoms with Crippen molar-refractivity contribution < 1.29 is 14.0 Å². The number of carbonyl (C=O) groups excluding carboxylic acids is 2. The number of amides is 2. The molecule has 5 heteroatoms. The largest absolute Gasteiger partial charge is 0.466 e. The predicted octanol–water partition coefficient (Wildman–Crippen LogP) is 1.07. The van der Waals surface area contributed by atoms with E-state index >= 15 is 0 Å². The van der Waals surface area contributed by atoms with Crippen LogP contribution in [-0.2, 0) is 4.79 Å². The molecule has 0 bridgehead atoms. The molecule has 0 fully saturated rings. The zero-order valence-corrected chi connectivity index (χ0v) is 10.6. The SMILES string of the molecule is CNC(=O)CCNC(=O)c1c(C)oc(C)c1C. The lowest BCUT2D eigenvalue weighted by Gasteiger charge is -2.04. The molecule has 0 aromatic carbocycles. The summed E-state index contributed by atoms with van der Waals surface area (Å²) in [4.78, 5) is 22.9. The Labute approximate surface area is 101 Å². The van der Waals surface area contributed by atoms with E-state index in [2.05, 4.69) is 10.6 Å². The lowest BCUT2D eigenvalue weighted by Crippen LogP contribution is -2.29. The number of carbonyl (C=O) groups is 2. The molecule has 0 spiro atoms. The van der Waals surface area contributed by atoms with E-state index < -0.39 is 0 Å². The molecule has 5 nitrogen and oxygen atoms in total. The first-order chi connectivity index (χ1) is 7.97. The van der Waals surface area contributed by atoms with Gasteiger partial charge in [0.1, 0.15) is 11.5 Å². The highest BCUT2D eigenvalue weighted by Crippen LogP contribution is 2.20. The molecular formula is C12H18N2O3. The van der Waals surface area contributed by atoms with Crippen molar-refractivity contribution in [2.75, 3.05) is 13.6 Å². The van der Waals surface area contributed by atoms with E-state index in [1.807, 2.05) is 13.8 Å². The number of hydrogen-bond donors (Lipinski definition) is 2. The molecule has 1 aromatic heterocycles. The number of furan rings is 1. The van der Waals surface area contributed by atoms with Crippen molar-refractivity contribution in [2.24, 2.45) is 0 Å². The summed E-state index contributed by atoms with van der Waals surface area (Å²) in [6.07, 6.45) is 0.275. The van der Waals surface area contributed by atoms with Gasteiger partial charge in [0.25, 0.3) is 5.91 Å². The standard InChI is InChI=1S/C12H18N2O3/c1-7-8(2)17-9(3)11(7)12(16)14-6-5-10(15)13-4/h5-6H2,1-4H3,(H,13,15)(H,14,16). The van der Waals surface area contributed by atoms with Crippen LogP contribution in [0.3, 0.4) is 0 Å². The van der Waals surface area contributed by atoms with Gasteiger partial charge in [0.15, 0.2) is 0 Å². The molecule has 2 amide bonds. The summed E-state index contributed by atoms with van der Waals surface area (Å²) >= 11 is 0. The van der Waals surface area contributed by atoms with Crippen molar-refractivity contribution in [2.45, 2.75) is 27.2 Å². The Morgan fingerprint density at radius 2 is 1.82 bits per heavy atom. The summed E-state index contributed by atoms with van der Waals surface area (Å²) in [7, 11) is 1.57. The Kier molecular flexibility index (Phi) is 4.31. The van der Waals surface area contributed by atoms with Crippen molar-refractivity contribution in [3.05, 3.63) is 22.6 Å². The minimum absolute atomic E-state index is 0.0953. The smallest absolute Gasteiger partial charge is 0.255 e. The third-order valence-electron chi connectivity index (χ3n) is 2.70. The van der Waals surface area contributed by atoms with Gasteiger partial charge in [0.05, 0.1) is 5.56 Å². The third kappa shape index (κ3) is 3.09. The van der Waals surface area contributed by atoms with Crippen LogP contribution in [0.25, 0.3) is 0 Å². The number of nitrogens with one attached hydrogen (secondary N) is 2. The minimum Gasteiger partial charge on any atom is -0.466 e. The highest BCUT2D eigenvalue weighted by atomic mass is 16.3. The monoisotopic (exact) mass is 238 g/mol. The van der Waals surface area contributed by atoms with Gasteiger partial charge in [-0.25, -0.2) is 0 Å². The van der Waals surface area contributed by atoms with Gasteiger partial charge in [0, 0.05) is 25.6 Å². The molecule has 0 saturated carbocycles. The third-order valence-corrected chi connectivity index (χ3v) is 2.70. The Morgan fingerprint density at radius 3 is 2.29 bits per heavy atom. The number of rotatable bonds is 4. The zero-order chi connectivity index (χ0) is 13.0. The van der Waals surface area contributed by atoms with Crippen LogP contribution in [-0.4, -0.2) is 25.4 Å². The van der Waals surface area contributed by atoms with Crippen LogP contribution in [0.2, 0.25) is 0 Å². The van der Waals surface area contributed by atoms with E-state index in [-0.39, 0.29) is 18.2 Å². The normalized spacial score (nSPS) is 10.1. The van der Waals surface area contributed by atoms with Crippen molar-refractivity contribution in [3.8, 4) is 0 Å². The highest BCUT2D eigenvalue weighted by molar-refractivity contribution is 5.97. The van der Waals surface area contributed by atoms with E-state index in [1.54, 1.807) is 14.0 Å². The quantitative estimate of drug-likeness (QED) is 0.824. The second-order valence-electron chi connectivity index (χ2n) is 3.89.